The zero-order valence-electron chi connectivity index (χ0n) is 18.6. The fraction of sp³-hybridized carbons (Fsp3) is 0.286. The first kappa shape index (κ1) is 26.7. The van der Waals surface area contributed by atoms with Crippen molar-refractivity contribution in [2.24, 2.45) is 0 Å². The summed E-state index contributed by atoms with van der Waals surface area (Å²) in [5.74, 6) is -2.08. The van der Waals surface area contributed by atoms with Crippen LogP contribution in [0.2, 0.25) is 5.02 Å². The molecule has 2 atom stereocenters. The smallest absolute Gasteiger partial charge is 0.390 e. The summed E-state index contributed by atoms with van der Waals surface area (Å²) in [5, 5.41) is 4.27. The SMILES string of the molecule is Cc1ccc(C)c([C@@H](C)[C@H](NS(=O)(=O)c2ccc(Cl)cc2C(=O)NS)c2nn(I)c(=O)o2)c1C. The highest BCUT2D eigenvalue weighted by molar-refractivity contribution is 14.1. The van der Waals surface area contributed by atoms with Gasteiger partial charge in [0.15, 0.2) is 0 Å². The number of aromatic nitrogens is 2. The first-order valence-electron chi connectivity index (χ1n) is 9.96. The summed E-state index contributed by atoms with van der Waals surface area (Å²) in [6, 6.07) is 6.68. The van der Waals surface area contributed by atoms with Gasteiger partial charge in [-0.25, -0.2) is 13.2 Å². The Kier molecular flexibility index (Phi) is 8.18. The Hall–Kier alpha value is -1.87. The van der Waals surface area contributed by atoms with Gasteiger partial charge in [-0.05, 0) is 61.2 Å². The molecule has 182 valence electrons. The maximum atomic E-state index is 13.5. The minimum absolute atomic E-state index is 0.107. The van der Waals surface area contributed by atoms with Crippen molar-refractivity contribution >= 4 is 63.2 Å². The highest BCUT2D eigenvalue weighted by atomic mass is 127. The first-order chi connectivity index (χ1) is 15.9. The lowest BCUT2D eigenvalue weighted by molar-refractivity contribution is 0.0981. The lowest BCUT2D eigenvalue weighted by Gasteiger charge is -2.26. The summed E-state index contributed by atoms with van der Waals surface area (Å²) in [6.45, 7) is 7.64. The Morgan fingerprint density at radius 3 is 2.44 bits per heavy atom. The minimum Gasteiger partial charge on any atom is -0.390 e. The molecule has 3 aromatic rings. The van der Waals surface area contributed by atoms with Crippen LogP contribution in [0.4, 0.5) is 0 Å². The summed E-state index contributed by atoms with van der Waals surface area (Å²) in [6.07, 6.45) is 0. The second kappa shape index (κ2) is 10.4. The van der Waals surface area contributed by atoms with Gasteiger partial charge in [0.1, 0.15) is 6.04 Å². The van der Waals surface area contributed by atoms with Crippen LogP contribution >= 0.6 is 47.3 Å². The quantitative estimate of drug-likeness (QED) is 0.266. The van der Waals surface area contributed by atoms with Crippen molar-refractivity contribution in [3.8, 4) is 0 Å². The van der Waals surface area contributed by atoms with Gasteiger partial charge in [0, 0.05) is 10.9 Å². The van der Waals surface area contributed by atoms with Crippen LogP contribution in [0.15, 0.2) is 44.4 Å². The van der Waals surface area contributed by atoms with E-state index in [1.165, 1.54) is 18.2 Å². The summed E-state index contributed by atoms with van der Waals surface area (Å²) < 4.78 is 38.0. The second-order valence-electron chi connectivity index (χ2n) is 7.77. The van der Waals surface area contributed by atoms with E-state index in [1.807, 2.05) is 39.8 Å². The van der Waals surface area contributed by atoms with Crippen molar-refractivity contribution in [2.75, 3.05) is 0 Å². The molecule has 0 aliphatic rings. The molecule has 9 nitrogen and oxygen atoms in total. The zero-order valence-corrected chi connectivity index (χ0v) is 23.2. The lowest BCUT2D eigenvalue weighted by atomic mass is 9.85. The van der Waals surface area contributed by atoms with Crippen LogP contribution in [0.3, 0.4) is 0 Å². The normalized spacial score (nSPS) is 13.5. The Balaban J connectivity index is 2.17. The number of carbonyl (C=O) groups excluding carboxylic acids is 1. The number of nitrogens with one attached hydrogen (secondary N) is 2. The summed E-state index contributed by atoms with van der Waals surface area (Å²) in [4.78, 5) is 24.0. The van der Waals surface area contributed by atoms with Gasteiger partial charge in [-0.1, -0.05) is 43.5 Å². The van der Waals surface area contributed by atoms with Gasteiger partial charge in [-0.15, -0.1) is 7.99 Å². The third-order valence-corrected chi connectivity index (χ3v) is 8.16. The van der Waals surface area contributed by atoms with Crippen LogP contribution in [0.5, 0.6) is 0 Å². The van der Waals surface area contributed by atoms with Crippen molar-refractivity contribution < 1.29 is 17.6 Å². The van der Waals surface area contributed by atoms with Crippen LogP contribution in [0.25, 0.3) is 0 Å². The van der Waals surface area contributed by atoms with Crippen molar-refractivity contribution in [1.82, 2.24) is 17.4 Å². The monoisotopic (exact) mass is 636 g/mol. The molecule has 13 heteroatoms. The molecule has 0 radical (unpaired) electrons. The zero-order chi connectivity index (χ0) is 25.4. The van der Waals surface area contributed by atoms with Gasteiger partial charge >= 0.3 is 5.76 Å². The Morgan fingerprint density at radius 1 is 1.21 bits per heavy atom. The summed E-state index contributed by atoms with van der Waals surface area (Å²) in [7, 11) is -4.32. The molecule has 1 heterocycles. The molecule has 1 aromatic heterocycles. The van der Waals surface area contributed by atoms with Gasteiger partial charge in [-0.3, -0.25) is 9.52 Å². The Labute approximate surface area is 221 Å². The standard InChI is InChI=1S/C21H22ClIN4O5S2/c1-10-5-6-11(2)17(12(10)3)13(4)18(20-24-27(23)21(29)32-20)26-34(30,31)16-8-7-14(22)9-15(16)19(28)25-33/h5-9,13,18,26,33H,1-4H3,(H,25,28)/t13-,18+/m1/s1. The molecule has 2 N–H and O–H groups in total. The highest BCUT2D eigenvalue weighted by Crippen LogP contribution is 2.36. The molecule has 0 saturated heterocycles. The third kappa shape index (κ3) is 5.35. The molecule has 0 aliphatic heterocycles. The van der Waals surface area contributed by atoms with Crippen LogP contribution in [0.1, 0.15) is 57.4 Å². The maximum absolute atomic E-state index is 13.5. The van der Waals surface area contributed by atoms with Crippen molar-refractivity contribution in [2.45, 2.75) is 44.6 Å². The van der Waals surface area contributed by atoms with Crippen molar-refractivity contribution in [1.29, 1.82) is 0 Å². The van der Waals surface area contributed by atoms with E-state index in [1.54, 1.807) is 22.9 Å². The maximum Gasteiger partial charge on any atom is 0.446 e. The fourth-order valence-electron chi connectivity index (χ4n) is 3.81. The van der Waals surface area contributed by atoms with Crippen LogP contribution in [0, 0.1) is 20.8 Å². The molecule has 1 amide bonds. The van der Waals surface area contributed by atoms with E-state index in [9.17, 15) is 18.0 Å². The molecule has 2 aromatic carbocycles. The number of amides is 1. The number of hydrogen-bond acceptors (Lipinski definition) is 7. The Bertz CT molecular complexity index is 1420. The second-order valence-corrected chi connectivity index (χ2v) is 11.0. The van der Waals surface area contributed by atoms with Crippen LogP contribution in [-0.4, -0.2) is 22.3 Å². The van der Waals surface area contributed by atoms with Crippen molar-refractivity contribution in [3.05, 3.63) is 79.6 Å². The molecular weight excluding hydrogens is 615 g/mol. The van der Waals surface area contributed by atoms with Gasteiger partial charge in [-0.2, -0.15) is 4.72 Å². The van der Waals surface area contributed by atoms with E-state index in [0.29, 0.717) is 0 Å². The summed E-state index contributed by atoms with van der Waals surface area (Å²) in [5.41, 5.74) is 3.65. The van der Waals surface area contributed by atoms with Crippen molar-refractivity contribution in [3.63, 3.8) is 0 Å². The van der Waals surface area contributed by atoms with E-state index >= 15 is 0 Å². The molecule has 0 aliphatic carbocycles. The molecule has 0 spiro atoms. The molecule has 34 heavy (non-hydrogen) atoms. The number of carbonyl (C=O) groups is 1. The van der Waals surface area contributed by atoms with Crippen LogP contribution < -0.4 is 15.2 Å². The summed E-state index contributed by atoms with van der Waals surface area (Å²) >= 11 is 11.4. The van der Waals surface area contributed by atoms with E-state index in [-0.39, 0.29) is 21.4 Å². The average Bonchev–Trinajstić information content (AvgIpc) is 3.11. The number of nitrogens with zero attached hydrogens (tertiary/aromatic N) is 2. The van der Waals surface area contributed by atoms with Crippen LogP contribution in [-0.2, 0) is 10.0 Å². The minimum atomic E-state index is -4.32. The predicted molar refractivity (Wildman–Crippen MR) is 140 cm³/mol. The van der Waals surface area contributed by atoms with E-state index in [0.717, 1.165) is 25.1 Å². The fourth-order valence-corrected chi connectivity index (χ4v) is 5.87. The first-order valence-corrected chi connectivity index (χ1v) is 13.2. The van der Waals surface area contributed by atoms with Gasteiger partial charge in [0.05, 0.1) is 33.3 Å². The number of benzene rings is 2. The largest absolute Gasteiger partial charge is 0.446 e. The average molecular weight is 637 g/mol. The molecule has 3 rings (SSSR count). The number of sulfonamides is 1. The third-order valence-electron chi connectivity index (χ3n) is 5.61. The molecule has 0 saturated carbocycles. The lowest BCUT2D eigenvalue weighted by Crippen LogP contribution is -2.34. The van der Waals surface area contributed by atoms with E-state index < -0.39 is 33.6 Å². The van der Waals surface area contributed by atoms with E-state index in [2.05, 4.69) is 27.4 Å². The molecule has 0 unspecified atom stereocenters. The topological polar surface area (TPSA) is 123 Å². The number of halogens is 2. The van der Waals surface area contributed by atoms with E-state index in [4.69, 9.17) is 16.0 Å². The number of aryl methyl sites for hydroxylation is 2. The Morgan fingerprint density at radius 2 is 1.85 bits per heavy atom. The van der Waals surface area contributed by atoms with Gasteiger partial charge in [0.2, 0.25) is 15.9 Å². The van der Waals surface area contributed by atoms with Gasteiger partial charge in [0.25, 0.3) is 5.91 Å². The molecule has 0 fully saturated rings. The number of hydrogen-bond donors (Lipinski definition) is 3. The van der Waals surface area contributed by atoms with Gasteiger partial charge < -0.3 is 4.42 Å². The number of rotatable bonds is 7. The highest BCUT2D eigenvalue weighted by Gasteiger charge is 2.34. The predicted octanol–water partition coefficient (Wildman–Crippen LogP) is 4.01. The molecular formula is C21H22ClIN4O5S2. The number of thiol groups is 1. The molecule has 0 bridgehead atoms.